The second-order valence-electron chi connectivity index (χ2n) is 2.34. The van der Waals surface area contributed by atoms with E-state index in [0.717, 1.165) is 0 Å². The Morgan fingerprint density at radius 1 is 1.14 bits per heavy atom. The van der Waals surface area contributed by atoms with E-state index in [2.05, 4.69) is 17.2 Å². The van der Waals surface area contributed by atoms with E-state index in [9.17, 15) is 4.57 Å². The Balaban J connectivity index is 3.84. The summed E-state index contributed by atoms with van der Waals surface area (Å²) in [6.07, 6.45) is 4.36. The molecule has 0 spiro atoms. The highest BCUT2D eigenvalue weighted by Gasteiger charge is 2.25. The van der Waals surface area contributed by atoms with Crippen molar-refractivity contribution in [3.63, 3.8) is 0 Å². The van der Waals surface area contributed by atoms with Gasteiger partial charge in [0.25, 0.3) is 0 Å². The van der Waals surface area contributed by atoms with Gasteiger partial charge >= 0.3 is 7.82 Å². The largest absolute Gasteiger partial charge is 0.491 e. The molecule has 0 amide bonds. The highest BCUT2D eigenvalue weighted by molar-refractivity contribution is 7.49. The van der Waals surface area contributed by atoms with Crippen LogP contribution in [-0.4, -0.2) is 13.2 Å². The van der Waals surface area contributed by atoms with Gasteiger partial charge in [0.2, 0.25) is 0 Å². The maximum atomic E-state index is 11.5. The van der Waals surface area contributed by atoms with E-state index in [4.69, 9.17) is 20.9 Å². The monoisotopic (exact) mass is 240 g/mol. The third-order valence-electron chi connectivity index (χ3n) is 1.23. The van der Waals surface area contributed by atoms with E-state index in [1.807, 2.05) is 0 Å². The molecule has 0 unspecified atom stereocenters. The lowest BCUT2D eigenvalue weighted by Gasteiger charge is -2.12. The van der Waals surface area contributed by atoms with Crippen LogP contribution in [0.2, 0.25) is 0 Å². The summed E-state index contributed by atoms with van der Waals surface area (Å²) in [6, 6.07) is 0. The van der Waals surface area contributed by atoms with Crippen molar-refractivity contribution in [3.05, 3.63) is 25.3 Å². The van der Waals surface area contributed by atoms with Crippen molar-refractivity contribution < 1.29 is 17.7 Å². The molecule has 14 heavy (non-hydrogen) atoms. The van der Waals surface area contributed by atoms with Crippen molar-refractivity contribution in [1.29, 1.82) is 0 Å². The highest BCUT2D eigenvalue weighted by atomic mass is 35.5. The third kappa shape index (κ3) is 6.35. The van der Waals surface area contributed by atoms with Crippen LogP contribution in [0.5, 0.6) is 0 Å². The minimum absolute atomic E-state index is 0.196. The molecule has 0 heterocycles. The zero-order chi connectivity index (χ0) is 10.9. The average molecular weight is 241 g/mol. The first-order valence-corrected chi connectivity index (χ1v) is 5.86. The fourth-order valence-electron chi connectivity index (χ4n) is 0.573. The van der Waals surface area contributed by atoms with Crippen molar-refractivity contribution >= 4 is 19.7 Å². The van der Waals surface area contributed by atoms with Crippen LogP contribution in [-0.2, 0) is 17.7 Å². The van der Waals surface area contributed by atoms with Crippen LogP contribution in [0, 0.1) is 0 Å². The topological polar surface area (TPSA) is 44.8 Å². The van der Waals surface area contributed by atoms with E-state index in [-0.39, 0.29) is 13.2 Å². The number of phosphoric ester groups is 1. The highest BCUT2D eigenvalue weighted by Crippen LogP contribution is 2.50. The molecule has 0 fully saturated rings. The van der Waals surface area contributed by atoms with Crippen LogP contribution < -0.4 is 0 Å². The Labute approximate surface area is 89.3 Å². The van der Waals surface area contributed by atoms with Crippen LogP contribution in [0.15, 0.2) is 25.3 Å². The van der Waals surface area contributed by atoms with Gasteiger partial charge in [0.05, 0.1) is 25.1 Å². The first kappa shape index (κ1) is 13.9. The Hall–Kier alpha value is -0.120. The molecule has 0 saturated heterocycles. The molecular formula is C8H14ClO4P. The molecular weight excluding hydrogens is 227 g/mol. The molecule has 6 heteroatoms. The Kier molecular flexibility index (Phi) is 8.14. The van der Waals surface area contributed by atoms with Gasteiger partial charge in [0.1, 0.15) is 0 Å². The van der Waals surface area contributed by atoms with Crippen LogP contribution in [0.3, 0.4) is 0 Å². The van der Waals surface area contributed by atoms with E-state index in [1.165, 1.54) is 0 Å². The quantitative estimate of drug-likeness (QED) is 0.352. The summed E-state index contributed by atoms with van der Waals surface area (Å²) in [6.45, 7) is 7.36. The predicted molar refractivity (Wildman–Crippen MR) is 56.1 cm³/mol. The lowest BCUT2D eigenvalue weighted by Crippen LogP contribution is -1.98. The summed E-state index contributed by atoms with van der Waals surface area (Å²) in [5, 5.41) is 0. The zero-order valence-corrected chi connectivity index (χ0v) is 9.51. The maximum Gasteiger partial charge on any atom is 0.491 e. The lowest BCUT2D eigenvalue weighted by molar-refractivity contribution is 0.163. The first-order valence-electron chi connectivity index (χ1n) is 4.09. The summed E-state index contributed by atoms with van der Waals surface area (Å²) in [7, 11) is -3.59. The molecule has 0 bridgehead atoms. The van der Waals surface area contributed by atoms with Crippen molar-refractivity contribution in [3.8, 4) is 0 Å². The van der Waals surface area contributed by atoms with Crippen molar-refractivity contribution in [2.75, 3.05) is 13.2 Å². The summed E-state index contributed by atoms with van der Waals surface area (Å²) in [5.74, 6) is 0. The second kappa shape index (κ2) is 8.21. The normalized spacial score (nSPS) is 11.2. The van der Waals surface area contributed by atoms with Gasteiger partial charge in [0.15, 0.2) is 0 Å². The number of rotatable bonds is 9. The molecule has 0 aromatic carbocycles. The van der Waals surface area contributed by atoms with Gasteiger partial charge in [-0.1, -0.05) is 12.2 Å². The molecule has 0 aliphatic rings. The SMILES string of the molecule is C=CCCOP(=O)(OCl)OCCC=C. The van der Waals surface area contributed by atoms with E-state index in [1.54, 1.807) is 12.2 Å². The van der Waals surface area contributed by atoms with Crippen LogP contribution in [0.4, 0.5) is 0 Å². The molecule has 0 aromatic rings. The number of phosphoric acid groups is 1. The number of halogens is 1. The van der Waals surface area contributed by atoms with E-state index >= 15 is 0 Å². The first-order chi connectivity index (χ1) is 6.68. The molecule has 0 aromatic heterocycles. The van der Waals surface area contributed by atoms with Gasteiger partial charge < -0.3 is 0 Å². The number of hydrogen-bond acceptors (Lipinski definition) is 4. The van der Waals surface area contributed by atoms with Gasteiger partial charge in [-0.05, 0) is 12.8 Å². The van der Waals surface area contributed by atoms with Crippen molar-refractivity contribution in [2.24, 2.45) is 0 Å². The smallest absolute Gasteiger partial charge is 0.286 e. The van der Waals surface area contributed by atoms with Crippen LogP contribution >= 0.6 is 19.7 Å². The molecule has 0 N–H and O–H groups in total. The lowest BCUT2D eigenvalue weighted by atomic mass is 10.5. The van der Waals surface area contributed by atoms with E-state index < -0.39 is 7.82 Å². The standard InChI is InChI=1S/C8H14ClO4P/c1-3-5-7-11-14(10,13-9)12-8-6-4-2/h3-4H,1-2,5-8H2. The molecule has 0 radical (unpaired) electrons. The fraction of sp³-hybridized carbons (Fsp3) is 0.500. The van der Waals surface area contributed by atoms with Crippen LogP contribution in [0.25, 0.3) is 0 Å². The molecule has 0 aliphatic heterocycles. The zero-order valence-electron chi connectivity index (χ0n) is 7.86. The van der Waals surface area contributed by atoms with Gasteiger partial charge in [-0.2, -0.15) is 4.08 Å². The minimum Gasteiger partial charge on any atom is -0.286 e. The summed E-state index contributed by atoms with van der Waals surface area (Å²) < 4.78 is 25.3. The Morgan fingerprint density at radius 2 is 1.57 bits per heavy atom. The number of hydrogen-bond donors (Lipinski definition) is 0. The summed E-state index contributed by atoms with van der Waals surface area (Å²) >= 11 is 5.00. The van der Waals surface area contributed by atoms with Gasteiger partial charge in [0, 0.05) is 0 Å². The van der Waals surface area contributed by atoms with Gasteiger partial charge in [-0.25, -0.2) is 4.57 Å². The fourth-order valence-corrected chi connectivity index (χ4v) is 1.62. The molecule has 0 rings (SSSR count). The van der Waals surface area contributed by atoms with Gasteiger partial charge in [-0.15, -0.1) is 13.2 Å². The van der Waals surface area contributed by atoms with Crippen molar-refractivity contribution in [1.82, 2.24) is 0 Å². The second-order valence-corrected chi connectivity index (χ2v) is 4.30. The summed E-state index contributed by atoms with van der Waals surface area (Å²) in [5.41, 5.74) is 0. The van der Waals surface area contributed by atoms with Gasteiger partial charge in [-0.3, -0.25) is 9.05 Å². The Bertz CT molecular complexity index is 201. The minimum atomic E-state index is -3.59. The summed E-state index contributed by atoms with van der Waals surface area (Å²) in [4.78, 5) is 0. The van der Waals surface area contributed by atoms with Crippen LogP contribution in [0.1, 0.15) is 12.8 Å². The maximum absolute atomic E-state index is 11.5. The Morgan fingerprint density at radius 3 is 1.86 bits per heavy atom. The third-order valence-corrected chi connectivity index (χ3v) is 2.90. The average Bonchev–Trinajstić information content (AvgIpc) is 2.19. The predicted octanol–water partition coefficient (Wildman–Crippen LogP) is 3.45. The molecule has 0 atom stereocenters. The molecule has 0 aliphatic carbocycles. The molecule has 82 valence electrons. The molecule has 4 nitrogen and oxygen atoms in total. The van der Waals surface area contributed by atoms with Crippen molar-refractivity contribution in [2.45, 2.75) is 12.8 Å². The molecule has 0 saturated carbocycles. The van der Waals surface area contributed by atoms with E-state index in [0.29, 0.717) is 12.8 Å².